The second kappa shape index (κ2) is 4.45. The van der Waals surface area contributed by atoms with Gasteiger partial charge in [-0.25, -0.2) is 0 Å². The molecule has 2 rings (SSSR count). The van der Waals surface area contributed by atoms with Gasteiger partial charge in [-0.05, 0) is 53.4 Å². The van der Waals surface area contributed by atoms with Crippen LogP contribution in [0.15, 0.2) is 4.47 Å². The normalized spacial score (nSPS) is 19.8. The lowest BCUT2D eigenvalue weighted by Crippen LogP contribution is -2.25. The maximum atomic E-state index is 4.46. The molecule has 1 atom stereocenters. The molecular formula is C12H18Br2N2. The van der Waals surface area contributed by atoms with Crippen LogP contribution in [0.4, 0.5) is 0 Å². The van der Waals surface area contributed by atoms with Gasteiger partial charge in [0, 0.05) is 12.4 Å². The summed E-state index contributed by atoms with van der Waals surface area (Å²) in [7, 11) is 2.04. The van der Waals surface area contributed by atoms with E-state index in [-0.39, 0.29) is 0 Å². The molecule has 0 saturated heterocycles. The zero-order chi connectivity index (χ0) is 11.9. The first-order chi connectivity index (χ1) is 7.48. The SMILES string of the molecule is Cc1nn(C)c(CC(C)(CBr)C2CC2)c1Br. The lowest BCUT2D eigenvalue weighted by atomic mass is 9.82. The first-order valence-corrected chi connectivity index (χ1v) is 7.63. The third-order valence-corrected chi connectivity index (χ3v) is 6.01. The molecule has 0 aliphatic heterocycles. The van der Waals surface area contributed by atoms with Gasteiger partial charge in [0.05, 0.1) is 15.9 Å². The Hall–Kier alpha value is 0.170. The lowest BCUT2D eigenvalue weighted by Gasteiger charge is -2.27. The molecule has 0 amide bonds. The van der Waals surface area contributed by atoms with E-state index >= 15 is 0 Å². The fraction of sp³-hybridized carbons (Fsp3) is 0.750. The highest BCUT2D eigenvalue weighted by Crippen LogP contribution is 2.48. The molecule has 1 saturated carbocycles. The van der Waals surface area contributed by atoms with Crippen molar-refractivity contribution in [1.29, 1.82) is 0 Å². The van der Waals surface area contributed by atoms with Crippen LogP contribution in [-0.2, 0) is 13.5 Å². The first kappa shape index (κ1) is 12.6. The van der Waals surface area contributed by atoms with Gasteiger partial charge in [0.15, 0.2) is 0 Å². The Bertz CT molecular complexity index is 396. The number of nitrogens with zero attached hydrogens (tertiary/aromatic N) is 2. The van der Waals surface area contributed by atoms with Gasteiger partial charge in [-0.3, -0.25) is 4.68 Å². The maximum Gasteiger partial charge on any atom is 0.0738 e. The van der Waals surface area contributed by atoms with Crippen molar-refractivity contribution in [2.24, 2.45) is 18.4 Å². The van der Waals surface area contributed by atoms with Crippen LogP contribution in [0.1, 0.15) is 31.2 Å². The summed E-state index contributed by atoms with van der Waals surface area (Å²) in [5.74, 6) is 0.883. The van der Waals surface area contributed by atoms with Gasteiger partial charge >= 0.3 is 0 Å². The molecule has 90 valence electrons. The van der Waals surface area contributed by atoms with Crippen molar-refractivity contribution in [2.45, 2.75) is 33.1 Å². The minimum absolute atomic E-state index is 0.378. The number of rotatable bonds is 4. The molecule has 0 aromatic carbocycles. The van der Waals surface area contributed by atoms with Gasteiger partial charge in [0.1, 0.15) is 0 Å². The molecule has 0 radical (unpaired) electrons. The molecule has 0 spiro atoms. The Kier molecular flexibility index (Phi) is 3.51. The highest BCUT2D eigenvalue weighted by atomic mass is 79.9. The highest BCUT2D eigenvalue weighted by Gasteiger charge is 2.41. The van der Waals surface area contributed by atoms with Gasteiger partial charge in [0.25, 0.3) is 0 Å². The summed E-state index contributed by atoms with van der Waals surface area (Å²) in [5.41, 5.74) is 2.79. The molecular weight excluding hydrogens is 332 g/mol. The maximum absolute atomic E-state index is 4.46. The molecule has 1 unspecified atom stereocenters. The lowest BCUT2D eigenvalue weighted by molar-refractivity contribution is 0.310. The summed E-state index contributed by atoms with van der Waals surface area (Å²) < 4.78 is 3.20. The molecule has 1 aliphatic carbocycles. The average Bonchev–Trinajstić information content (AvgIpc) is 3.05. The second-order valence-electron chi connectivity index (χ2n) is 5.21. The Labute approximate surface area is 114 Å². The molecule has 4 heteroatoms. The van der Waals surface area contributed by atoms with Gasteiger partial charge in [-0.15, -0.1) is 0 Å². The van der Waals surface area contributed by atoms with E-state index in [1.54, 1.807) is 0 Å². The summed E-state index contributed by atoms with van der Waals surface area (Å²) in [6, 6.07) is 0. The number of aryl methyl sites for hydroxylation is 2. The van der Waals surface area contributed by atoms with Crippen molar-refractivity contribution in [3.05, 3.63) is 15.9 Å². The largest absolute Gasteiger partial charge is 0.271 e. The van der Waals surface area contributed by atoms with Crippen molar-refractivity contribution < 1.29 is 0 Å². The molecule has 1 fully saturated rings. The summed E-state index contributed by atoms with van der Waals surface area (Å²) in [4.78, 5) is 0. The minimum atomic E-state index is 0.378. The summed E-state index contributed by atoms with van der Waals surface area (Å²) in [6.45, 7) is 4.43. The van der Waals surface area contributed by atoms with E-state index in [4.69, 9.17) is 0 Å². The number of alkyl halides is 1. The first-order valence-electron chi connectivity index (χ1n) is 5.72. The Balaban J connectivity index is 2.25. The molecule has 0 N–H and O–H groups in total. The van der Waals surface area contributed by atoms with E-state index in [9.17, 15) is 0 Å². The molecule has 1 aromatic rings. The third kappa shape index (κ3) is 2.23. The van der Waals surface area contributed by atoms with E-state index in [1.165, 1.54) is 23.0 Å². The van der Waals surface area contributed by atoms with E-state index in [1.807, 2.05) is 11.7 Å². The predicted octanol–water partition coefficient (Wildman–Crippen LogP) is 3.84. The van der Waals surface area contributed by atoms with E-state index < -0.39 is 0 Å². The van der Waals surface area contributed by atoms with Crippen molar-refractivity contribution in [3.8, 4) is 0 Å². The Morgan fingerprint density at radius 1 is 1.50 bits per heavy atom. The Morgan fingerprint density at radius 2 is 2.12 bits per heavy atom. The smallest absolute Gasteiger partial charge is 0.0738 e. The van der Waals surface area contributed by atoms with Crippen molar-refractivity contribution in [2.75, 3.05) is 5.33 Å². The molecule has 0 bridgehead atoms. The monoisotopic (exact) mass is 348 g/mol. The summed E-state index contributed by atoms with van der Waals surface area (Å²) in [6.07, 6.45) is 3.87. The van der Waals surface area contributed by atoms with Crippen molar-refractivity contribution >= 4 is 31.9 Å². The van der Waals surface area contributed by atoms with Crippen LogP contribution < -0.4 is 0 Å². The molecule has 1 aliphatic rings. The van der Waals surface area contributed by atoms with Crippen LogP contribution in [0.3, 0.4) is 0 Å². The molecule has 1 aromatic heterocycles. The van der Waals surface area contributed by atoms with E-state index in [0.717, 1.165) is 23.4 Å². The predicted molar refractivity (Wildman–Crippen MR) is 74.0 cm³/mol. The van der Waals surface area contributed by atoms with Crippen molar-refractivity contribution in [1.82, 2.24) is 9.78 Å². The summed E-state index contributed by atoms with van der Waals surface area (Å²) in [5, 5.41) is 5.53. The number of hydrogen-bond acceptors (Lipinski definition) is 1. The quantitative estimate of drug-likeness (QED) is 0.755. The zero-order valence-electron chi connectivity index (χ0n) is 10.1. The number of hydrogen-bond donors (Lipinski definition) is 0. The number of halogens is 2. The van der Waals surface area contributed by atoms with E-state index in [2.05, 4.69) is 50.8 Å². The van der Waals surface area contributed by atoms with Crippen LogP contribution in [0.25, 0.3) is 0 Å². The van der Waals surface area contributed by atoms with Crippen LogP contribution in [0.2, 0.25) is 0 Å². The third-order valence-electron chi connectivity index (χ3n) is 3.70. The fourth-order valence-electron chi connectivity index (χ4n) is 2.34. The topological polar surface area (TPSA) is 17.8 Å². The van der Waals surface area contributed by atoms with Crippen LogP contribution in [0.5, 0.6) is 0 Å². The minimum Gasteiger partial charge on any atom is -0.271 e. The zero-order valence-corrected chi connectivity index (χ0v) is 13.2. The highest BCUT2D eigenvalue weighted by molar-refractivity contribution is 9.10. The summed E-state index contributed by atoms with van der Waals surface area (Å²) >= 11 is 7.33. The standard InChI is InChI=1S/C12H18Br2N2/c1-8-11(14)10(16(3)15-8)6-12(2,7-13)9-4-5-9/h9H,4-7H2,1-3H3. The molecule has 2 nitrogen and oxygen atoms in total. The van der Waals surface area contributed by atoms with Gasteiger partial charge < -0.3 is 0 Å². The van der Waals surface area contributed by atoms with Gasteiger partial charge in [0.2, 0.25) is 0 Å². The van der Waals surface area contributed by atoms with Crippen LogP contribution in [0, 0.1) is 18.3 Å². The number of aromatic nitrogens is 2. The molecule has 16 heavy (non-hydrogen) atoms. The van der Waals surface area contributed by atoms with E-state index in [0.29, 0.717) is 5.41 Å². The second-order valence-corrected chi connectivity index (χ2v) is 6.56. The van der Waals surface area contributed by atoms with Crippen molar-refractivity contribution in [3.63, 3.8) is 0 Å². The van der Waals surface area contributed by atoms with Crippen LogP contribution >= 0.6 is 31.9 Å². The fourth-order valence-corrected chi connectivity index (χ4v) is 3.47. The molecule has 1 heterocycles. The van der Waals surface area contributed by atoms with Gasteiger partial charge in [-0.1, -0.05) is 22.9 Å². The van der Waals surface area contributed by atoms with Gasteiger partial charge in [-0.2, -0.15) is 5.10 Å². The Morgan fingerprint density at radius 3 is 2.50 bits per heavy atom. The van der Waals surface area contributed by atoms with Crippen LogP contribution in [-0.4, -0.2) is 15.1 Å². The average molecular weight is 350 g/mol.